The first kappa shape index (κ1) is 14.3. The summed E-state index contributed by atoms with van der Waals surface area (Å²) in [5.41, 5.74) is 6.77. The first-order chi connectivity index (χ1) is 8.44. The Hall–Kier alpha value is -0.120. The van der Waals surface area contributed by atoms with Gasteiger partial charge >= 0.3 is 0 Å². The van der Waals surface area contributed by atoms with E-state index in [2.05, 4.69) is 37.9 Å². The van der Waals surface area contributed by atoms with Gasteiger partial charge in [-0.25, -0.2) is 0 Å². The molecule has 2 N–H and O–H groups in total. The Balaban J connectivity index is 1.96. The van der Waals surface area contributed by atoms with E-state index in [0.717, 1.165) is 5.92 Å². The number of nitrogens with two attached hydrogens (primary N) is 1. The number of likely N-dealkylation sites (N-methyl/N-ethyl adjacent to an activating group) is 2. The normalized spacial score (nSPS) is 35.8. The van der Waals surface area contributed by atoms with Crippen molar-refractivity contribution in [1.82, 2.24) is 9.80 Å². The largest absolute Gasteiger partial charge is 0.326 e. The Morgan fingerprint density at radius 1 is 1.17 bits per heavy atom. The van der Waals surface area contributed by atoms with Crippen LogP contribution in [0.4, 0.5) is 0 Å². The zero-order chi connectivity index (χ0) is 13.3. The van der Waals surface area contributed by atoms with E-state index in [9.17, 15) is 0 Å². The maximum Gasteiger partial charge on any atom is 0.0330 e. The first-order valence-electron chi connectivity index (χ1n) is 7.58. The van der Waals surface area contributed by atoms with Crippen molar-refractivity contribution in [3.05, 3.63) is 0 Å². The molecule has 2 rings (SSSR count). The molecule has 3 unspecified atom stereocenters. The average molecular weight is 253 g/mol. The summed E-state index contributed by atoms with van der Waals surface area (Å²) in [5.74, 6) is 0.842. The molecule has 0 heterocycles. The highest BCUT2D eigenvalue weighted by atomic mass is 15.2. The van der Waals surface area contributed by atoms with Gasteiger partial charge in [-0.15, -0.1) is 0 Å². The van der Waals surface area contributed by atoms with Gasteiger partial charge in [0.2, 0.25) is 0 Å². The second-order valence-electron chi connectivity index (χ2n) is 7.04. The Bertz CT molecular complexity index is 273. The van der Waals surface area contributed by atoms with Crippen LogP contribution in [0.2, 0.25) is 0 Å². The van der Waals surface area contributed by atoms with Crippen LogP contribution in [-0.4, -0.2) is 55.1 Å². The van der Waals surface area contributed by atoms with Gasteiger partial charge < -0.3 is 15.5 Å². The maximum atomic E-state index is 6.34. The van der Waals surface area contributed by atoms with E-state index in [1.54, 1.807) is 0 Å². The van der Waals surface area contributed by atoms with Crippen LogP contribution in [-0.2, 0) is 0 Å². The minimum atomic E-state index is 0.380. The molecule has 0 aromatic carbocycles. The Kier molecular flexibility index (Phi) is 4.35. The van der Waals surface area contributed by atoms with Gasteiger partial charge in [0, 0.05) is 24.2 Å². The highest BCUT2D eigenvalue weighted by Crippen LogP contribution is 2.38. The number of nitrogens with zero attached hydrogens (tertiary/aromatic N) is 2. The molecule has 2 aliphatic carbocycles. The monoisotopic (exact) mass is 253 g/mol. The third-order valence-corrected chi connectivity index (χ3v) is 5.47. The second kappa shape index (κ2) is 5.48. The van der Waals surface area contributed by atoms with Crippen LogP contribution < -0.4 is 5.73 Å². The van der Waals surface area contributed by atoms with Crippen molar-refractivity contribution in [2.75, 3.05) is 27.7 Å². The molecule has 0 saturated heterocycles. The van der Waals surface area contributed by atoms with Gasteiger partial charge in [-0.2, -0.15) is 0 Å². The summed E-state index contributed by atoms with van der Waals surface area (Å²) in [6.07, 6.45) is 7.87. The molecule has 3 nitrogen and oxygen atoms in total. The highest BCUT2D eigenvalue weighted by molar-refractivity contribution is 5.00. The summed E-state index contributed by atoms with van der Waals surface area (Å²) >= 11 is 0. The van der Waals surface area contributed by atoms with Crippen molar-refractivity contribution in [2.45, 2.75) is 63.1 Å². The van der Waals surface area contributed by atoms with Gasteiger partial charge in [-0.3, -0.25) is 0 Å². The molecule has 2 saturated carbocycles. The molecule has 18 heavy (non-hydrogen) atoms. The zero-order valence-corrected chi connectivity index (χ0v) is 12.7. The smallest absolute Gasteiger partial charge is 0.0330 e. The van der Waals surface area contributed by atoms with Crippen LogP contribution in [0.25, 0.3) is 0 Å². The summed E-state index contributed by atoms with van der Waals surface area (Å²) in [6.45, 7) is 3.56. The lowest BCUT2D eigenvalue weighted by Gasteiger charge is -2.51. The molecule has 2 fully saturated rings. The predicted molar refractivity (Wildman–Crippen MR) is 77.7 cm³/mol. The van der Waals surface area contributed by atoms with Crippen LogP contribution in [0.15, 0.2) is 0 Å². The molecule has 0 aromatic heterocycles. The summed E-state index contributed by atoms with van der Waals surface area (Å²) in [5, 5.41) is 0. The average Bonchev–Trinajstić information content (AvgIpc) is 2.26. The quantitative estimate of drug-likeness (QED) is 0.831. The third-order valence-electron chi connectivity index (χ3n) is 5.47. The van der Waals surface area contributed by atoms with Crippen molar-refractivity contribution in [3.63, 3.8) is 0 Å². The van der Waals surface area contributed by atoms with Gasteiger partial charge in [-0.1, -0.05) is 6.92 Å². The molecule has 0 aliphatic heterocycles. The van der Waals surface area contributed by atoms with Crippen LogP contribution in [0.5, 0.6) is 0 Å². The fraction of sp³-hybridized carbons (Fsp3) is 1.00. The molecular weight excluding hydrogens is 222 g/mol. The summed E-state index contributed by atoms with van der Waals surface area (Å²) < 4.78 is 0. The molecule has 0 bridgehead atoms. The number of hydrogen-bond acceptors (Lipinski definition) is 3. The lowest BCUT2D eigenvalue weighted by Crippen LogP contribution is -2.60. The fourth-order valence-electron chi connectivity index (χ4n) is 3.79. The molecule has 0 aromatic rings. The van der Waals surface area contributed by atoms with Crippen molar-refractivity contribution < 1.29 is 0 Å². The molecule has 3 atom stereocenters. The van der Waals surface area contributed by atoms with Crippen molar-refractivity contribution in [2.24, 2.45) is 11.7 Å². The van der Waals surface area contributed by atoms with Gasteiger partial charge in [0.1, 0.15) is 0 Å². The first-order valence-corrected chi connectivity index (χ1v) is 7.58. The van der Waals surface area contributed by atoms with E-state index in [1.165, 1.54) is 45.1 Å². The maximum absolute atomic E-state index is 6.34. The van der Waals surface area contributed by atoms with Gasteiger partial charge in [0.15, 0.2) is 0 Å². The van der Waals surface area contributed by atoms with E-state index >= 15 is 0 Å². The zero-order valence-electron chi connectivity index (χ0n) is 12.7. The lowest BCUT2D eigenvalue weighted by molar-refractivity contribution is 0.00457. The standard InChI is InChI=1S/C15H31N3/c1-12-6-7-13(16)14(10-12)18(4)11-15(17(2)3)8-5-9-15/h12-14H,5-11,16H2,1-4H3. The van der Waals surface area contributed by atoms with E-state index in [4.69, 9.17) is 5.73 Å². The molecular formula is C15H31N3. The van der Waals surface area contributed by atoms with E-state index < -0.39 is 0 Å². The van der Waals surface area contributed by atoms with Crippen molar-refractivity contribution in [3.8, 4) is 0 Å². The Morgan fingerprint density at radius 2 is 1.83 bits per heavy atom. The topological polar surface area (TPSA) is 32.5 Å². The van der Waals surface area contributed by atoms with E-state index in [1.807, 2.05) is 0 Å². The molecule has 0 radical (unpaired) electrons. The minimum absolute atomic E-state index is 0.380. The third kappa shape index (κ3) is 2.73. The number of hydrogen-bond donors (Lipinski definition) is 1. The Labute approximate surface area is 113 Å². The number of rotatable bonds is 4. The SMILES string of the molecule is CC1CCC(N)C(N(C)CC2(N(C)C)CCC2)C1. The van der Waals surface area contributed by atoms with Crippen molar-refractivity contribution in [1.29, 1.82) is 0 Å². The Morgan fingerprint density at radius 3 is 2.33 bits per heavy atom. The molecule has 2 aliphatic rings. The van der Waals surface area contributed by atoms with E-state index in [0.29, 0.717) is 17.6 Å². The van der Waals surface area contributed by atoms with Gasteiger partial charge in [-0.05, 0) is 65.6 Å². The fourth-order valence-corrected chi connectivity index (χ4v) is 3.79. The molecule has 106 valence electrons. The van der Waals surface area contributed by atoms with Crippen molar-refractivity contribution >= 4 is 0 Å². The minimum Gasteiger partial charge on any atom is -0.326 e. The molecule has 3 heteroatoms. The second-order valence-corrected chi connectivity index (χ2v) is 7.04. The van der Waals surface area contributed by atoms with Crippen LogP contribution in [0, 0.1) is 5.92 Å². The van der Waals surface area contributed by atoms with Crippen LogP contribution >= 0.6 is 0 Å². The van der Waals surface area contributed by atoms with Crippen LogP contribution in [0.3, 0.4) is 0 Å². The lowest BCUT2D eigenvalue weighted by atomic mass is 9.74. The summed E-state index contributed by atoms with van der Waals surface area (Å²) in [6, 6.07) is 0.969. The van der Waals surface area contributed by atoms with Gasteiger partial charge in [0.05, 0.1) is 0 Å². The predicted octanol–water partition coefficient (Wildman–Crippen LogP) is 1.92. The summed E-state index contributed by atoms with van der Waals surface area (Å²) in [4.78, 5) is 4.99. The molecule has 0 amide bonds. The molecule has 0 spiro atoms. The highest BCUT2D eigenvalue weighted by Gasteiger charge is 2.41. The van der Waals surface area contributed by atoms with Gasteiger partial charge in [0.25, 0.3) is 0 Å². The van der Waals surface area contributed by atoms with Crippen LogP contribution in [0.1, 0.15) is 45.4 Å². The van der Waals surface area contributed by atoms with E-state index in [-0.39, 0.29) is 0 Å². The summed E-state index contributed by atoms with van der Waals surface area (Å²) in [7, 11) is 6.75.